The van der Waals surface area contributed by atoms with E-state index in [1.54, 1.807) is 37.3 Å². The summed E-state index contributed by atoms with van der Waals surface area (Å²) in [4.78, 5) is 37.8. The standard InChI is InChI=1S/C23H21ClFN3O3S/c1-3-9-26-21(29)14-5-4-6-16(11-14)27-23(31)20-13(2)10-19(32-20)28-22(30)17-8-7-15(25)12-18(17)24/h4-8,10-12H,3,9H2,1-2H3,(H,26,29)(H,27,31)(H,28,30). The zero-order chi connectivity index (χ0) is 23.3. The number of rotatable bonds is 7. The summed E-state index contributed by atoms with van der Waals surface area (Å²) in [5.74, 6) is -1.61. The summed E-state index contributed by atoms with van der Waals surface area (Å²) in [7, 11) is 0. The number of carbonyl (C=O) groups excluding carboxylic acids is 3. The van der Waals surface area contributed by atoms with Gasteiger partial charge in [0.1, 0.15) is 5.82 Å². The number of benzene rings is 2. The first kappa shape index (κ1) is 23.4. The molecule has 0 fully saturated rings. The van der Waals surface area contributed by atoms with Gasteiger partial charge >= 0.3 is 0 Å². The maximum atomic E-state index is 13.2. The maximum Gasteiger partial charge on any atom is 0.266 e. The molecule has 0 bridgehead atoms. The van der Waals surface area contributed by atoms with Crippen LogP contribution in [-0.4, -0.2) is 24.3 Å². The summed E-state index contributed by atoms with van der Waals surface area (Å²) in [5, 5.41) is 8.70. The van der Waals surface area contributed by atoms with Gasteiger partial charge < -0.3 is 16.0 Å². The minimum absolute atomic E-state index is 0.00315. The molecule has 9 heteroatoms. The van der Waals surface area contributed by atoms with Gasteiger partial charge in [-0.2, -0.15) is 0 Å². The molecule has 0 aliphatic rings. The van der Waals surface area contributed by atoms with E-state index < -0.39 is 11.7 Å². The summed E-state index contributed by atoms with van der Waals surface area (Å²) in [6.45, 7) is 4.28. The van der Waals surface area contributed by atoms with Crippen LogP contribution in [0.15, 0.2) is 48.5 Å². The maximum absolute atomic E-state index is 13.2. The second-order valence-corrected chi connectivity index (χ2v) is 8.45. The van der Waals surface area contributed by atoms with Crippen molar-refractivity contribution in [1.29, 1.82) is 0 Å². The Kier molecular flexibility index (Phi) is 7.61. The molecule has 3 N–H and O–H groups in total. The summed E-state index contributed by atoms with van der Waals surface area (Å²) in [6.07, 6.45) is 0.825. The molecule has 1 heterocycles. The molecule has 1 aromatic heterocycles. The van der Waals surface area contributed by atoms with Crippen LogP contribution in [0.5, 0.6) is 0 Å². The number of aryl methyl sites for hydroxylation is 1. The SMILES string of the molecule is CCCNC(=O)c1cccc(NC(=O)c2sc(NC(=O)c3ccc(F)cc3Cl)cc2C)c1. The quantitative estimate of drug-likeness (QED) is 0.423. The zero-order valence-corrected chi connectivity index (χ0v) is 19.0. The lowest BCUT2D eigenvalue weighted by atomic mass is 10.2. The van der Waals surface area contributed by atoms with Crippen LogP contribution in [0.3, 0.4) is 0 Å². The molecular weight excluding hydrogens is 453 g/mol. The van der Waals surface area contributed by atoms with E-state index >= 15 is 0 Å². The Hall–Kier alpha value is -3.23. The van der Waals surface area contributed by atoms with Crippen molar-refractivity contribution in [1.82, 2.24) is 5.32 Å². The number of carbonyl (C=O) groups is 3. The van der Waals surface area contributed by atoms with E-state index in [-0.39, 0.29) is 22.4 Å². The summed E-state index contributed by atoms with van der Waals surface area (Å²) in [6, 6.07) is 11.8. The Morgan fingerprint density at radius 1 is 1.00 bits per heavy atom. The van der Waals surface area contributed by atoms with Gasteiger partial charge in [-0.05, 0) is 61.4 Å². The van der Waals surface area contributed by atoms with Crippen LogP contribution in [0.4, 0.5) is 15.1 Å². The van der Waals surface area contributed by atoms with Crippen molar-refractivity contribution in [3.05, 3.63) is 80.9 Å². The molecule has 0 aliphatic heterocycles. The number of hydrogen-bond donors (Lipinski definition) is 3. The molecule has 0 radical (unpaired) electrons. The minimum atomic E-state index is -0.538. The molecule has 6 nitrogen and oxygen atoms in total. The van der Waals surface area contributed by atoms with Crippen molar-refractivity contribution in [2.45, 2.75) is 20.3 Å². The molecule has 3 amide bonds. The van der Waals surface area contributed by atoms with E-state index in [2.05, 4.69) is 16.0 Å². The first-order valence-electron chi connectivity index (χ1n) is 9.85. The average molecular weight is 474 g/mol. The predicted molar refractivity (Wildman–Crippen MR) is 125 cm³/mol. The third kappa shape index (κ3) is 5.72. The normalized spacial score (nSPS) is 10.5. The number of thiophene rings is 1. The fraction of sp³-hybridized carbons (Fsp3) is 0.174. The topological polar surface area (TPSA) is 87.3 Å². The molecule has 0 unspecified atom stereocenters. The van der Waals surface area contributed by atoms with Crippen LogP contribution in [0.2, 0.25) is 5.02 Å². The highest BCUT2D eigenvalue weighted by atomic mass is 35.5. The number of halogens is 2. The predicted octanol–water partition coefficient (Wildman–Crippen LogP) is 5.49. The van der Waals surface area contributed by atoms with Crippen molar-refractivity contribution in [2.75, 3.05) is 17.2 Å². The molecular formula is C23H21ClFN3O3S. The van der Waals surface area contributed by atoms with E-state index in [1.165, 1.54) is 6.07 Å². The molecule has 0 aliphatic carbocycles. The van der Waals surface area contributed by atoms with Gasteiger partial charge in [0.15, 0.2) is 0 Å². The second kappa shape index (κ2) is 10.4. The van der Waals surface area contributed by atoms with E-state index in [0.717, 1.165) is 29.9 Å². The number of nitrogens with one attached hydrogen (secondary N) is 3. The minimum Gasteiger partial charge on any atom is -0.352 e. The molecule has 166 valence electrons. The van der Waals surface area contributed by atoms with Crippen LogP contribution >= 0.6 is 22.9 Å². The molecule has 0 saturated carbocycles. The Balaban J connectivity index is 1.71. The monoisotopic (exact) mass is 473 g/mol. The highest BCUT2D eigenvalue weighted by Crippen LogP contribution is 2.29. The zero-order valence-electron chi connectivity index (χ0n) is 17.4. The fourth-order valence-electron chi connectivity index (χ4n) is 2.89. The third-order valence-electron chi connectivity index (χ3n) is 4.45. The van der Waals surface area contributed by atoms with Crippen molar-refractivity contribution in [3.8, 4) is 0 Å². The smallest absolute Gasteiger partial charge is 0.266 e. The van der Waals surface area contributed by atoms with Crippen molar-refractivity contribution >= 4 is 51.3 Å². The van der Waals surface area contributed by atoms with Crippen LogP contribution in [0.1, 0.15) is 49.3 Å². The molecule has 32 heavy (non-hydrogen) atoms. The van der Waals surface area contributed by atoms with Gasteiger partial charge in [0.05, 0.1) is 20.5 Å². The van der Waals surface area contributed by atoms with Crippen molar-refractivity contribution in [3.63, 3.8) is 0 Å². The van der Waals surface area contributed by atoms with E-state index in [0.29, 0.717) is 33.2 Å². The van der Waals surface area contributed by atoms with Crippen molar-refractivity contribution in [2.24, 2.45) is 0 Å². The van der Waals surface area contributed by atoms with Crippen LogP contribution in [0, 0.1) is 12.7 Å². The molecule has 0 spiro atoms. The lowest BCUT2D eigenvalue weighted by Crippen LogP contribution is -2.24. The van der Waals surface area contributed by atoms with Crippen LogP contribution in [0.25, 0.3) is 0 Å². The van der Waals surface area contributed by atoms with Gasteiger partial charge in [-0.3, -0.25) is 14.4 Å². The van der Waals surface area contributed by atoms with Crippen LogP contribution < -0.4 is 16.0 Å². The average Bonchev–Trinajstić information content (AvgIpc) is 3.12. The fourth-order valence-corrected chi connectivity index (χ4v) is 4.10. The van der Waals surface area contributed by atoms with Gasteiger partial charge in [-0.1, -0.05) is 24.6 Å². The van der Waals surface area contributed by atoms with Gasteiger partial charge in [0.2, 0.25) is 0 Å². The Morgan fingerprint density at radius 3 is 2.50 bits per heavy atom. The molecule has 0 saturated heterocycles. The van der Waals surface area contributed by atoms with E-state index in [9.17, 15) is 18.8 Å². The van der Waals surface area contributed by atoms with E-state index in [4.69, 9.17) is 11.6 Å². The Labute approximate surface area is 193 Å². The van der Waals surface area contributed by atoms with Gasteiger partial charge in [-0.15, -0.1) is 11.3 Å². The Morgan fingerprint density at radius 2 is 1.78 bits per heavy atom. The van der Waals surface area contributed by atoms with Crippen molar-refractivity contribution < 1.29 is 18.8 Å². The van der Waals surface area contributed by atoms with Crippen LogP contribution in [-0.2, 0) is 0 Å². The molecule has 0 atom stereocenters. The van der Waals surface area contributed by atoms with Gasteiger partial charge in [0, 0.05) is 17.8 Å². The number of hydrogen-bond acceptors (Lipinski definition) is 4. The van der Waals surface area contributed by atoms with Gasteiger partial charge in [-0.25, -0.2) is 4.39 Å². The summed E-state index contributed by atoms with van der Waals surface area (Å²) >= 11 is 7.04. The summed E-state index contributed by atoms with van der Waals surface area (Å²) in [5.41, 5.74) is 1.73. The third-order valence-corrected chi connectivity index (χ3v) is 5.92. The number of anilines is 2. The summed E-state index contributed by atoms with van der Waals surface area (Å²) < 4.78 is 13.2. The molecule has 3 aromatic rings. The van der Waals surface area contributed by atoms with E-state index in [1.807, 2.05) is 6.92 Å². The highest BCUT2D eigenvalue weighted by molar-refractivity contribution is 7.18. The largest absolute Gasteiger partial charge is 0.352 e. The molecule has 3 rings (SSSR count). The second-order valence-electron chi connectivity index (χ2n) is 6.99. The number of amides is 3. The lowest BCUT2D eigenvalue weighted by Gasteiger charge is -2.08. The van der Waals surface area contributed by atoms with Gasteiger partial charge in [0.25, 0.3) is 17.7 Å². The first-order valence-corrected chi connectivity index (χ1v) is 11.0. The highest BCUT2D eigenvalue weighted by Gasteiger charge is 2.18. The lowest BCUT2D eigenvalue weighted by molar-refractivity contribution is 0.0951. The first-order chi connectivity index (χ1) is 15.3. The molecule has 2 aromatic carbocycles. The Bertz CT molecular complexity index is 1180.